The van der Waals surface area contributed by atoms with Crippen molar-refractivity contribution in [1.29, 1.82) is 0 Å². The van der Waals surface area contributed by atoms with Crippen LogP contribution in [0.4, 0.5) is 0 Å². The van der Waals surface area contributed by atoms with E-state index in [0.29, 0.717) is 24.3 Å². The lowest BCUT2D eigenvalue weighted by Gasteiger charge is -2.27. The monoisotopic (exact) mass is 484 g/mol. The molecule has 0 aliphatic carbocycles. The maximum Gasteiger partial charge on any atom is 0.253 e. The molecule has 0 saturated carbocycles. The Morgan fingerprint density at radius 3 is 2.63 bits per heavy atom. The molecule has 1 amide bonds. The predicted octanol–water partition coefficient (Wildman–Crippen LogP) is 3.42. The SMILES string of the molecule is COc1cc(C)ccc1CN1CCCCCc2cc(C(=O)N(C)C)ccc2OC[C@@H](O)[C@@H](O)CC1. The van der Waals surface area contributed by atoms with Gasteiger partial charge in [0.2, 0.25) is 0 Å². The Kier molecular flexibility index (Phi) is 9.95. The second-order valence-electron chi connectivity index (χ2n) is 9.66. The maximum atomic E-state index is 12.4. The van der Waals surface area contributed by atoms with Gasteiger partial charge in [-0.05, 0) is 74.5 Å². The number of carbonyl (C=O) groups is 1. The molecule has 2 atom stereocenters. The minimum Gasteiger partial charge on any atom is -0.496 e. The quantitative estimate of drug-likeness (QED) is 0.692. The van der Waals surface area contributed by atoms with Crippen molar-refractivity contribution in [2.75, 3.05) is 40.9 Å². The molecular formula is C28H40N2O5. The van der Waals surface area contributed by atoms with Crippen LogP contribution < -0.4 is 9.47 Å². The fourth-order valence-corrected chi connectivity index (χ4v) is 4.42. The molecule has 0 radical (unpaired) electrons. The summed E-state index contributed by atoms with van der Waals surface area (Å²) in [7, 11) is 5.16. The molecule has 0 unspecified atom stereocenters. The zero-order valence-corrected chi connectivity index (χ0v) is 21.5. The molecule has 1 heterocycles. The van der Waals surface area contributed by atoms with Gasteiger partial charge in [0.1, 0.15) is 24.2 Å². The summed E-state index contributed by atoms with van der Waals surface area (Å²) in [6.45, 7) is 4.33. The molecule has 7 heteroatoms. The average Bonchev–Trinajstić information content (AvgIpc) is 2.85. The lowest BCUT2D eigenvalue weighted by molar-refractivity contribution is -0.0163. The third-order valence-electron chi connectivity index (χ3n) is 6.57. The molecule has 3 rings (SSSR count). The van der Waals surface area contributed by atoms with Crippen LogP contribution in [0.1, 0.15) is 52.7 Å². The first-order valence-corrected chi connectivity index (χ1v) is 12.5. The number of rotatable bonds is 4. The number of aliphatic hydroxyl groups excluding tert-OH is 2. The van der Waals surface area contributed by atoms with Crippen molar-refractivity contribution in [2.24, 2.45) is 0 Å². The van der Waals surface area contributed by atoms with Crippen LogP contribution in [0, 0.1) is 6.92 Å². The number of hydrogen-bond acceptors (Lipinski definition) is 6. The number of amides is 1. The third kappa shape index (κ3) is 7.69. The summed E-state index contributed by atoms with van der Waals surface area (Å²) in [5, 5.41) is 21.1. The second kappa shape index (κ2) is 12.9. The van der Waals surface area contributed by atoms with Gasteiger partial charge < -0.3 is 24.6 Å². The van der Waals surface area contributed by atoms with Crippen molar-refractivity contribution in [2.45, 2.75) is 57.8 Å². The number of aryl methyl sites for hydroxylation is 2. The molecule has 0 fully saturated rings. The zero-order chi connectivity index (χ0) is 25.4. The van der Waals surface area contributed by atoms with E-state index in [0.717, 1.165) is 61.2 Å². The standard InChI is InChI=1S/C28H40N2O5/c1-20-9-10-23(27(16-20)34-4)18-30-14-7-5-6-8-21-17-22(28(33)29(2)3)11-12-26(21)35-19-25(32)24(31)13-15-30/h9-12,16-17,24-25,31-32H,5-8,13-15,18-19H2,1-4H3/t24-,25+/m0/s1. The summed E-state index contributed by atoms with van der Waals surface area (Å²) >= 11 is 0. The highest BCUT2D eigenvalue weighted by molar-refractivity contribution is 5.94. The number of aliphatic hydroxyl groups is 2. The molecule has 2 N–H and O–H groups in total. The minimum atomic E-state index is -0.996. The van der Waals surface area contributed by atoms with Crippen LogP contribution in [0.25, 0.3) is 0 Å². The Balaban J connectivity index is 1.73. The molecule has 1 aliphatic rings. The van der Waals surface area contributed by atoms with Gasteiger partial charge in [-0.15, -0.1) is 0 Å². The predicted molar refractivity (Wildman–Crippen MR) is 137 cm³/mol. The van der Waals surface area contributed by atoms with Crippen LogP contribution in [0.15, 0.2) is 36.4 Å². The number of fused-ring (bicyclic) bond motifs is 1. The number of carbonyl (C=O) groups excluding carboxylic acids is 1. The molecule has 7 nitrogen and oxygen atoms in total. The number of methoxy groups -OCH3 is 1. The second-order valence-corrected chi connectivity index (χ2v) is 9.66. The molecule has 1 aliphatic heterocycles. The van der Waals surface area contributed by atoms with Gasteiger partial charge in [0.05, 0.1) is 13.2 Å². The van der Waals surface area contributed by atoms with Crippen molar-refractivity contribution in [3.63, 3.8) is 0 Å². The fourth-order valence-electron chi connectivity index (χ4n) is 4.42. The van der Waals surface area contributed by atoms with E-state index in [-0.39, 0.29) is 12.5 Å². The fraction of sp³-hybridized carbons (Fsp3) is 0.536. The number of nitrogens with zero attached hydrogens (tertiary/aromatic N) is 2. The van der Waals surface area contributed by atoms with E-state index in [2.05, 4.69) is 17.0 Å². The molecule has 2 aromatic carbocycles. The maximum absolute atomic E-state index is 12.4. The normalized spacial score (nSPS) is 20.3. The largest absolute Gasteiger partial charge is 0.496 e. The van der Waals surface area contributed by atoms with E-state index >= 15 is 0 Å². The molecule has 0 aromatic heterocycles. The molecule has 35 heavy (non-hydrogen) atoms. The highest BCUT2D eigenvalue weighted by Crippen LogP contribution is 2.25. The van der Waals surface area contributed by atoms with Crippen LogP contribution in [0.2, 0.25) is 0 Å². The number of ether oxygens (including phenoxy) is 2. The lowest BCUT2D eigenvalue weighted by atomic mass is 10.0. The molecule has 0 saturated heterocycles. The van der Waals surface area contributed by atoms with Crippen molar-refractivity contribution in [3.05, 3.63) is 58.7 Å². The highest BCUT2D eigenvalue weighted by atomic mass is 16.5. The van der Waals surface area contributed by atoms with Crippen LogP contribution in [-0.4, -0.2) is 79.0 Å². The van der Waals surface area contributed by atoms with Gasteiger partial charge in [-0.3, -0.25) is 9.69 Å². The smallest absolute Gasteiger partial charge is 0.253 e. The first kappa shape index (κ1) is 27.0. The summed E-state index contributed by atoms with van der Waals surface area (Å²) in [4.78, 5) is 16.3. The van der Waals surface area contributed by atoms with E-state index in [1.807, 2.05) is 19.1 Å². The Morgan fingerprint density at radius 1 is 1.09 bits per heavy atom. The van der Waals surface area contributed by atoms with Gasteiger partial charge in [0, 0.05) is 38.3 Å². The topological polar surface area (TPSA) is 82.5 Å². The van der Waals surface area contributed by atoms with Crippen molar-refractivity contribution >= 4 is 5.91 Å². The molecular weight excluding hydrogens is 444 g/mol. The Hall–Kier alpha value is -2.61. The molecule has 192 valence electrons. The van der Waals surface area contributed by atoms with E-state index in [1.165, 1.54) is 0 Å². The van der Waals surface area contributed by atoms with Crippen molar-refractivity contribution < 1.29 is 24.5 Å². The average molecular weight is 485 g/mol. The van der Waals surface area contributed by atoms with E-state index < -0.39 is 12.2 Å². The Labute approximate surface area is 209 Å². The Bertz CT molecular complexity index is 978. The summed E-state index contributed by atoms with van der Waals surface area (Å²) in [6, 6.07) is 11.7. The van der Waals surface area contributed by atoms with Crippen LogP contribution in [0.3, 0.4) is 0 Å². The van der Waals surface area contributed by atoms with Crippen LogP contribution in [0.5, 0.6) is 11.5 Å². The Morgan fingerprint density at radius 2 is 1.89 bits per heavy atom. The van der Waals surface area contributed by atoms with Gasteiger partial charge in [0.25, 0.3) is 5.91 Å². The third-order valence-corrected chi connectivity index (χ3v) is 6.57. The molecule has 2 aromatic rings. The van der Waals surface area contributed by atoms with Gasteiger partial charge in [-0.25, -0.2) is 0 Å². The highest BCUT2D eigenvalue weighted by Gasteiger charge is 2.21. The van der Waals surface area contributed by atoms with E-state index in [1.54, 1.807) is 38.2 Å². The zero-order valence-electron chi connectivity index (χ0n) is 21.5. The van der Waals surface area contributed by atoms with Crippen molar-refractivity contribution in [1.82, 2.24) is 9.80 Å². The minimum absolute atomic E-state index is 0.000918. The van der Waals surface area contributed by atoms with E-state index in [9.17, 15) is 15.0 Å². The van der Waals surface area contributed by atoms with E-state index in [4.69, 9.17) is 9.47 Å². The number of hydrogen-bond donors (Lipinski definition) is 2. The first-order chi connectivity index (χ1) is 16.8. The van der Waals surface area contributed by atoms with Crippen molar-refractivity contribution in [3.8, 4) is 11.5 Å². The summed E-state index contributed by atoms with van der Waals surface area (Å²) < 4.78 is 11.5. The molecule has 0 spiro atoms. The molecule has 0 bridgehead atoms. The van der Waals surface area contributed by atoms with Crippen LogP contribution in [-0.2, 0) is 13.0 Å². The summed E-state index contributed by atoms with van der Waals surface area (Å²) in [5.74, 6) is 1.49. The van der Waals surface area contributed by atoms with Gasteiger partial charge in [-0.2, -0.15) is 0 Å². The summed E-state index contributed by atoms with van der Waals surface area (Å²) in [6.07, 6.45) is 2.37. The first-order valence-electron chi connectivity index (χ1n) is 12.5. The van der Waals surface area contributed by atoms with Gasteiger partial charge in [0.15, 0.2) is 0 Å². The van der Waals surface area contributed by atoms with Gasteiger partial charge >= 0.3 is 0 Å². The van der Waals surface area contributed by atoms with Gasteiger partial charge in [-0.1, -0.05) is 18.6 Å². The lowest BCUT2D eigenvalue weighted by Crippen LogP contribution is -2.36. The number of benzene rings is 2. The van der Waals surface area contributed by atoms with Crippen LogP contribution >= 0.6 is 0 Å². The summed E-state index contributed by atoms with van der Waals surface area (Å²) in [5.41, 5.74) is 3.85.